The zero-order valence-electron chi connectivity index (χ0n) is 9.86. The maximum atomic E-state index is 4.20. The van der Waals surface area contributed by atoms with Crippen LogP contribution in [0.25, 0.3) is 0 Å². The highest BCUT2D eigenvalue weighted by Crippen LogP contribution is 2.39. The summed E-state index contributed by atoms with van der Waals surface area (Å²) in [5, 5.41) is 0. The molecule has 0 nitrogen and oxygen atoms in total. The number of rotatable bonds is 4. The van der Waals surface area contributed by atoms with E-state index in [9.17, 15) is 0 Å². The summed E-state index contributed by atoms with van der Waals surface area (Å²) in [6.45, 7) is 8.06. The van der Waals surface area contributed by atoms with Gasteiger partial charge in [0.05, 0.1) is 0 Å². The molecule has 16 heavy (non-hydrogen) atoms. The van der Waals surface area contributed by atoms with Gasteiger partial charge in [-0.3, -0.25) is 0 Å². The molecule has 1 aliphatic rings. The molecule has 0 amide bonds. The Morgan fingerprint density at radius 2 is 2.00 bits per heavy atom. The smallest absolute Gasteiger partial charge is 0.0140 e. The normalized spacial score (nSPS) is 24.6. The van der Waals surface area contributed by atoms with E-state index in [0.717, 1.165) is 12.3 Å². The Morgan fingerprint density at radius 1 is 1.25 bits per heavy atom. The first-order valence-corrected chi connectivity index (χ1v) is 6.13. The average Bonchev–Trinajstić information content (AvgIpc) is 2.64. The van der Waals surface area contributed by atoms with E-state index in [4.69, 9.17) is 0 Å². The van der Waals surface area contributed by atoms with Crippen LogP contribution in [-0.2, 0) is 6.42 Å². The van der Waals surface area contributed by atoms with Crippen molar-refractivity contribution in [2.75, 3.05) is 0 Å². The molecule has 1 saturated carbocycles. The van der Waals surface area contributed by atoms with Gasteiger partial charge >= 0.3 is 0 Å². The standard InChI is InChI=1S/C16H20/c1-3-7-16-13(2)10-11-15(16)12-14-8-5-4-6-9-14/h3-6,8-9,15-16H,1-2,7,10-12H2/t15-,16+/m1/s1. The Bertz CT molecular complexity index is 361. The molecule has 84 valence electrons. The van der Waals surface area contributed by atoms with Crippen molar-refractivity contribution in [3.63, 3.8) is 0 Å². The molecule has 0 radical (unpaired) electrons. The van der Waals surface area contributed by atoms with E-state index in [1.165, 1.54) is 30.4 Å². The largest absolute Gasteiger partial charge is 0.103 e. The molecule has 1 aliphatic carbocycles. The maximum absolute atomic E-state index is 4.20. The van der Waals surface area contributed by atoms with E-state index < -0.39 is 0 Å². The van der Waals surface area contributed by atoms with Gasteiger partial charge in [0.2, 0.25) is 0 Å². The van der Waals surface area contributed by atoms with Crippen molar-refractivity contribution >= 4 is 0 Å². The molecule has 0 bridgehead atoms. The first-order chi connectivity index (χ1) is 7.81. The van der Waals surface area contributed by atoms with E-state index >= 15 is 0 Å². The first-order valence-electron chi connectivity index (χ1n) is 6.13. The van der Waals surface area contributed by atoms with E-state index in [1.54, 1.807) is 0 Å². The Balaban J connectivity index is 2.04. The molecule has 0 N–H and O–H groups in total. The molecule has 0 saturated heterocycles. The van der Waals surface area contributed by atoms with Crippen LogP contribution in [0.5, 0.6) is 0 Å². The van der Waals surface area contributed by atoms with Crippen LogP contribution in [0.1, 0.15) is 24.8 Å². The van der Waals surface area contributed by atoms with Crippen LogP contribution >= 0.6 is 0 Å². The van der Waals surface area contributed by atoms with Crippen molar-refractivity contribution in [1.82, 2.24) is 0 Å². The molecule has 0 aliphatic heterocycles. The van der Waals surface area contributed by atoms with Crippen molar-refractivity contribution in [1.29, 1.82) is 0 Å². The number of allylic oxidation sites excluding steroid dienone is 2. The van der Waals surface area contributed by atoms with Crippen LogP contribution in [0.3, 0.4) is 0 Å². The van der Waals surface area contributed by atoms with Gasteiger partial charge in [-0.15, -0.1) is 6.58 Å². The minimum absolute atomic E-state index is 0.665. The van der Waals surface area contributed by atoms with Crippen molar-refractivity contribution in [2.45, 2.75) is 25.7 Å². The molecule has 0 aromatic heterocycles. The van der Waals surface area contributed by atoms with Crippen LogP contribution in [0.15, 0.2) is 55.1 Å². The second-order valence-corrected chi connectivity index (χ2v) is 4.78. The quantitative estimate of drug-likeness (QED) is 0.649. The molecule has 0 heterocycles. The van der Waals surface area contributed by atoms with Gasteiger partial charge in [0.25, 0.3) is 0 Å². The van der Waals surface area contributed by atoms with Gasteiger partial charge in [-0.2, -0.15) is 0 Å². The first kappa shape index (κ1) is 11.2. The molecular weight excluding hydrogens is 192 g/mol. The summed E-state index contributed by atoms with van der Waals surface area (Å²) in [4.78, 5) is 0. The van der Waals surface area contributed by atoms with Gasteiger partial charge < -0.3 is 0 Å². The summed E-state index contributed by atoms with van der Waals surface area (Å²) in [5.41, 5.74) is 2.89. The summed E-state index contributed by atoms with van der Waals surface area (Å²) in [7, 11) is 0. The van der Waals surface area contributed by atoms with E-state index in [2.05, 4.69) is 43.5 Å². The van der Waals surface area contributed by atoms with Gasteiger partial charge in [0.1, 0.15) is 0 Å². The number of hydrogen-bond acceptors (Lipinski definition) is 0. The molecule has 1 fully saturated rings. The highest BCUT2D eigenvalue weighted by atomic mass is 14.3. The van der Waals surface area contributed by atoms with E-state index in [1.807, 2.05) is 6.08 Å². The summed E-state index contributed by atoms with van der Waals surface area (Å²) >= 11 is 0. The van der Waals surface area contributed by atoms with E-state index in [-0.39, 0.29) is 0 Å². The summed E-state index contributed by atoms with van der Waals surface area (Å²) in [6.07, 6.45) is 6.83. The third-order valence-electron chi connectivity index (χ3n) is 3.69. The van der Waals surface area contributed by atoms with Gasteiger partial charge in [-0.25, -0.2) is 0 Å². The summed E-state index contributed by atoms with van der Waals surface area (Å²) < 4.78 is 0. The minimum Gasteiger partial charge on any atom is -0.103 e. The third-order valence-corrected chi connectivity index (χ3v) is 3.69. The zero-order valence-corrected chi connectivity index (χ0v) is 9.86. The van der Waals surface area contributed by atoms with Crippen LogP contribution in [0.2, 0.25) is 0 Å². The fraction of sp³-hybridized carbons (Fsp3) is 0.375. The van der Waals surface area contributed by atoms with Crippen molar-refractivity contribution in [3.05, 3.63) is 60.7 Å². The molecule has 1 aromatic carbocycles. The molecule has 0 spiro atoms. The second kappa shape index (κ2) is 5.16. The fourth-order valence-electron chi connectivity index (χ4n) is 2.79. The van der Waals surface area contributed by atoms with Crippen molar-refractivity contribution in [3.8, 4) is 0 Å². The lowest BCUT2D eigenvalue weighted by Crippen LogP contribution is -2.11. The highest BCUT2D eigenvalue weighted by molar-refractivity contribution is 5.19. The van der Waals surface area contributed by atoms with Gasteiger partial charge in [0, 0.05) is 0 Å². The van der Waals surface area contributed by atoms with Crippen LogP contribution < -0.4 is 0 Å². The highest BCUT2D eigenvalue weighted by Gasteiger charge is 2.28. The van der Waals surface area contributed by atoms with Crippen LogP contribution in [-0.4, -0.2) is 0 Å². The Morgan fingerprint density at radius 3 is 2.69 bits per heavy atom. The van der Waals surface area contributed by atoms with E-state index in [0.29, 0.717) is 5.92 Å². The van der Waals surface area contributed by atoms with Gasteiger partial charge in [-0.1, -0.05) is 48.6 Å². The molecule has 1 aromatic rings. The Labute approximate surface area is 98.7 Å². The Kier molecular flexibility index (Phi) is 3.61. The molecule has 2 atom stereocenters. The lowest BCUT2D eigenvalue weighted by molar-refractivity contribution is 0.422. The molecule has 2 rings (SSSR count). The topological polar surface area (TPSA) is 0 Å². The lowest BCUT2D eigenvalue weighted by Gasteiger charge is -2.18. The maximum Gasteiger partial charge on any atom is -0.0140 e. The monoisotopic (exact) mass is 212 g/mol. The van der Waals surface area contributed by atoms with Crippen molar-refractivity contribution < 1.29 is 0 Å². The van der Waals surface area contributed by atoms with Crippen LogP contribution in [0.4, 0.5) is 0 Å². The summed E-state index contributed by atoms with van der Waals surface area (Å²) in [5.74, 6) is 1.44. The summed E-state index contributed by atoms with van der Waals surface area (Å²) in [6, 6.07) is 10.8. The Hall–Kier alpha value is -1.30. The zero-order chi connectivity index (χ0) is 11.4. The fourth-order valence-corrected chi connectivity index (χ4v) is 2.79. The lowest BCUT2D eigenvalue weighted by atomic mass is 9.86. The predicted molar refractivity (Wildman–Crippen MR) is 70.3 cm³/mol. The molecule has 0 heteroatoms. The SMILES string of the molecule is C=CC[C@H]1C(=C)CC[C@@H]1Cc1ccccc1. The predicted octanol–water partition coefficient (Wildman–Crippen LogP) is 4.39. The third kappa shape index (κ3) is 2.44. The van der Waals surface area contributed by atoms with Gasteiger partial charge in [-0.05, 0) is 43.1 Å². The molecular formula is C16H20. The number of benzene rings is 1. The average molecular weight is 212 g/mol. The van der Waals surface area contributed by atoms with Gasteiger partial charge in [0.15, 0.2) is 0 Å². The van der Waals surface area contributed by atoms with Crippen LogP contribution in [0, 0.1) is 11.8 Å². The second-order valence-electron chi connectivity index (χ2n) is 4.78. The number of hydrogen-bond donors (Lipinski definition) is 0. The minimum atomic E-state index is 0.665. The molecule has 0 unspecified atom stereocenters. The van der Waals surface area contributed by atoms with Crippen molar-refractivity contribution in [2.24, 2.45) is 11.8 Å².